The van der Waals surface area contributed by atoms with Crippen LogP contribution in [0.1, 0.15) is 31.2 Å². The molecule has 104 valence electrons. The van der Waals surface area contributed by atoms with Crippen molar-refractivity contribution in [1.82, 2.24) is 0 Å². The standard InChI is InChI=1S/C15H21NO3/c17-9-8-12-4-6-13(7-5-12)16-15(18)11-14-3-1-2-10-19-14/h4-7,14,17H,1-3,8-11H2,(H,16,18). The molecule has 19 heavy (non-hydrogen) atoms. The summed E-state index contributed by atoms with van der Waals surface area (Å²) in [5.41, 5.74) is 1.86. The van der Waals surface area contributed by atoms with Crippen molar-refractivity contribution in [3.8, 4) is 0 Å². The Morgan fingerprint density at radius 2 is 2.11 bits per heavy atom. The van der Waals surface area contributed by atoms with Crippen LogP contribution in [0, 0.1) is 0 Å². The van der Waals surface area contributed by atoms with Crippen molar-refractivity contribution in [3.63, 3.8) is 0 Å². The lowest BCUT2D eigenvalue weighted by Gasteiger charge is -2.21. The minimum absolute atomic E-state index is 0.00167. The molecule has 0 aliphatic carbocycles. The summed E-state index contributed by atoms with van der Waals surface area (Å²) in [4.78, 5) is 11.9. The molecule has 0 aromatic heterocycles. The van der Waals surface area contributed by atoms with Crippen molar-refractivity contribution >= 4 is 11.6 Å². The van der Waals surface area contributed by atoms with E-state index in [4.69, 9.17) is 9.84 Å². The third-order valence-corrected chi connectivity index (χ3v) is 3.33. The van der Waals surface area contributed by atoms with Gasteiger partial charge in [-0.25, -0.2) is 0 Å². The second-order valence-corrected chi connectivity index (χ2v) is 4.91. The smallest absolute Gasteiger partial charge is 0.226 e. The van der Waals surface area contributed by atoms with Crippen molar-refractivity contribution in [2.24, 2.45) is 0 Å². The van der Waals surface area contributed by atoms with Gasteiger partial charge in [-0.3, -0.25) is 4.79 Å². The molecule has 1 atom stereocenters. The fourth-order valence-corrected chi connectivity index (χ4v) is 2.27. The van der Waals surface area contributed by atoms with Crippen molar-refractivity contribution in [1.29, 1.82) is 0 Å². The molecular formula is C15H21NO3. The number of rotatable bonds is 5. The van der Waals surface area contributed by atoms with Gasteiger partial charge in [0.15, 0.2) is 0 Å². The maximum Gasteiger partial charge on any atom is 0.226 e. The molecule has 2 rings (SSSR count). The number of ether oxygens (including phenoxy) is 1. The molecule has 1 amide bonds. The Hall–Kier alpha value is -1.39. The molecular weight excluding hydrogens is 242 g/mol. The highest BCUT2D eigenvalue weighted by Gasteiger charge is 2.17. The fourth-order valence-electron chi connectivity index (χ4n) is 2.27. The van der Waals surface area contributed by atoms with Crippen LogP contribution in [-0.4, -0.2) is 30.3 Å². The van der Waals surface area contributed by atoms with Gasteiger partial charge in [0.2, 0.25) is 5.91 Å². The zero-order valence-corrected chi connectivity index (χ0v) is 11.1. The van der Waals surface area contributed by atoms with E-state index in [-0.39, 0.29) is 18.6 Å². The van der Waals surface area contributed by atoms with Crippen molar-refractivity contribution in [2.75, 3.05) is 18.5 Å². The van der Waals surface area contributed by atoms with Gasteiger partial charge < -0.3 is 15.2 Å². The lowest BCUT2D eigenvalue weighted by molar-refractivity contribution is -0.119. The van der Waals surface area contributed by atoms with Crippen LogP contribution < -0.4 is 5.32 Å². The second-order valence-electron chi connectivity index (χ2n) is 4.91. The first-order valence-corrected chi connectivity index (χ1v) is 6.89. The van der Waals surface area contributed by atoms with Crippen LogP contribution in [0.5, 0.6) is 0 Å². The van der Waals surface area contributed by atoms with Crippen LogP contribution >= 0.6 is 0 Å². The summed E-state index contributed by atoms with van der Waals surface area (Å²) in [5.74, 6) is 0.00167. The average molecular weight is 263 g/mol. The van der Waals surface area contributed by atoms with Crippen LogP contribution in [0.4, 0.5) is 5.69 Å². The van der Waals surface area contributed by atoms with Gasteiger partial charge in [-0.2, -0.15) is 0 Å². The van der Waals surface area contributed by atoms with Crippen molar-refractivity contribution < 1.29 is 14.6 Å². The summed E-state index contributed by atoms with van der Waals surface area (Å²) >= 11 is 0. The first-order valence-electron chi connectivity index (χ1n) is 6.89. The van der Waals surface area contributed by atoms with Gasteiger partial charge in [-0.1, -0.05) is 12.1 Å². The Balaban J connectivity index is 1.80. The number of hydrogen-bond acceptors (Lipinski definition) is 3. The van der Waals surface area contributed by atoms with E-state index in [9.17, 15) is 4.79 Å². The first-order chi connectivity index (χ1) is 9.28. The van der Waals surface area contributed by atoms with Crippen LogP contribution in [0.3, 0.4) is 0 Å². The molecule has 4 nitrogen and oxygen atoms in total. The third kappa shape index (κ3) is 4.65. The number of carbonyl (C=O) groups is 1. The van der Waals surface area contributed by atoms with E-state index in [0.29, 0.717) is 12.8 Å². The Bertz CT molecular complexity index is 396. The minimum atomic E-state index is 0.00167. The van der Waals surface area contributed by atoms with E-state index >= 15 is 0 Å². The lowest BCUT2D eigenvalue weighted by atomic mass is 10.1. The van der Waals surface area contributed by atoms with Crippen molar-refractivity contribution in [3.05, 3.63) is 29.8 Å². The maximum atomic E-state index is 11.9. The molecule has 0 saturated carbocycles. The van der Waals surface area contributed by atoms with E-state index in [0.717, 1.165) is 37.1 Å². The van der Waals surface area contributed by atoms with Crippen LogP contribution in [0.25, 0.3) is 0 Å². The Labute approximate surface area is 113 Å². The highest BCUT2D eigenvalue weighted by molar-refractivity contribution is 5.91. The summed E-state index contributed by atoms with van der Waals surface area (Å²) in [5, 5.41) is 11.7. The molecule has 1 aromatic rings. The van der Waals surface area contributed by atoms with Gasteiger partial charge in [0.25, 0.3) is 0 Å². The van der Waals surface area contributed by atoms with Gasteiger partial charge in [-0.05, 0) is 43.4 Å². The monoisotopic (exact) mass is 263 g/mol. The molecule has 1 unspecified atom stereocenters. The number of nitrogens with one attached hydrogen (secondary N) is 1. The minimum Gasteiger partial charge on any atom is -0.396 e. The van der Waals surface area contributed by atoms with Crippen LogP contribution in [-0.2, 0) is 16.0 Å². The van der Waals surface area contributed by atoms with E-state index in [1.54, 1.807) is 0 Å². The average Bonchev–Trinajstić information content (AvgIpc) is 2.42. The predicted molar refractivity (Wildman–Crippen MR) is 74.1 cm³/mol. The molecule has 4 heteroatoms. The largest absolute Gasteiger partial charge is 0.396 e. The molecule has 1 aliphatic rings. The molecule has 1 saturated heterocycles. The van der Waals surface area contributed by atoms with E-state index in [2.05, 4.69) is 5.32 Å². The topological polar surface area (TPSA) is 58.6 Å². The van der Waals surface area contributed by atoms with Gasteiger partial charge in [0, 0.05) is 18.9 Å². The maximum absolute atomic E-state index is 11.9. The molecule has 2 N–H and O–H groups in total. The van der Waals surface area contributed by atoms with Gasteiger partial charge >= 0.3 is 0 Å². The SMILES string of the molecule is O=C(CC1CCCCO1)Nc1ccc(CCO)cc1. The molecule has 1 fully saturated rings. The summed E-state index contributed by atoms with van der Waals surface area (Å²) in [6.45, 7) is 0.915. The van der Waals surface area contributed by atoms with Gasteiger partial charge in [0.1, 0.15) is 0 Å². The number of aliphatic hydroxyl groups is 1. The molecule has 0 bridgehead atoms. The zero-order valence-electron chi connectivity index (χ0n) is 11.1. The molecule has 1 aromatic carbocycles. The lowest BCUT2D eigenvalue weighted by Crippen LogP contribution is -2.25. The number of aliphatic hydroxyl groups excluding tert-OH is 1. The Morgan fingerprint density at radius 1 is 1.32 bits per heavy atom. The number of benzene rings is 1. The quantitative estimate of drug-likeness (QED) is 0.855. The number of hydrogen-bond donors (Lipinski definition) is 2. The van der Waals surface area contributed by atoms with Crippen LogP contribution in [0.15, 0.2) is 24.3 Å². The number of anilines is 1. The zero-order chi connectivity index (χ0) is 13.5. The normalized spacial score (nSPS) is 19.1. The van der Waals surface area contributed by atoms with Crippen LogP contribution in [0.2, 0.25) is 0 Å². The van der Waals surface area contributed by atoms with Gasteiger partial charge in [0.05, 0.1) is 12.5 Å². The molecule has 1 aliphatic heterocycles. The third-order valence-electron chi connectivity index (χ3n) is 3.33. The molecule has 0 radical (unpaired) electrons. The summed E-state index contributed by atoms with van der Waals surface area (Å²) in [7, 11) is 0. The van der Waals surface area contributed by atoms with Crippen molar-refractivity contribution in [2.45, 2.75) is 38.2 Å². The Morgan fingerprint density at radius 3 is 2.74 bits per heavy atom. The molecule has 1 heterocycles. The van der Waals surface area contributed by atoms with Gasteiger partial charge in [-0.15, -0.1) is 0 Å². The van der Waals surface area contributed by atoms with E-state index < -0.39 is 0 Å². The highest BCUT2D eigenvalue weighted by atomic mass is 16.5. The molecule has 0 spiro atoms. The second kappa shape index (κ2) is 7.26. The Kier molecular flexibility index (Phi) is 5.36. The summed E-state index contributed by atoms with van der Waals surface area (Å²) in [6, 6.07) is 7.57. The predicted octanol–water partition coefficient (Wildman–Crippen LogP) is 2.12. The fraction of sp³-hybridized carbons (Fsp3) is 0.533. The van der Waals surface area contributed by atoms with E-state index in [1.807, 2.05) is 24.3 Å². The summed E-state index contributed by atoms with van der Waals surface area (Å²) in [6.07, 6.45) is 4.37. The number of carbonyl (C=O) groups excluding carboxylic acids is 1. The first kappa shape index (κ1) is 14.0. The number of amides is 1. The highest BCUT2D eigenvalue weighted by Crippen LogP contribution is 2.17. The summed E-state index contributed by atoms with van der Waals surface area (Å²) < 4.78 is 5.55. The van der Waals surface area contributed by atoms with E-state index in [1.165, 1.54) is 0 Å².